The molecule has 20 heavy (non-hydrogen) atoms. The van der Waals surface area contributed by atoms with Crippen molar-refractivity contribution in [2.45, 2.75) is 52.1 Å². The van der Waals surface area contributed by atoms with Gasteiger partial charge in [0.15, 0.2) is 0 Å². The van der Waals surface area contributed by atoms with Crippen molar-refractivity contribution in [3.8, 4) is 0 Å². The molecule has 1 heterocycles. The number of aliphatic hydroxyl groups excluding tert-OH is 1. The number of unbranched alkanes of at least 4 members (excludes halogenated alkanes) is 1. The smallest absolute Gasteiger partial charge is 0.330 e. The van der Waals surface area contributed by atoms with Crippen molar-refractivity contribution in [2.75, 3.05) is 17.7 Å². The molecule has 0 aliphatic heterocycles. The minimum Gasteiger partial charge on any atom is -0.396 e. The fourth-order valence-electron chi connectivity index (χ4n) is 1.98. The van der Waals surface area contributed by atoms with Crippen LogP contribution in [0.5, 0.6) is 0 Å². The van der Waals surface area contributed by atoms with E-state index < -0.39 is 11.2 Å². The normalized spacial score (nSPS) is 12.3. The molecule has 1 aromatic heterocycles. The Morgan fingerprint density at radius 1 is 1.40 bits per heavy atom. The van der Waals surface area contributed by atoms with E-state index in [2.05, 4.69) is 10.3 Å². The maximum atomic E-state index is 11.8. The van der Waals surface area contributed by atoms with Crippen LogP contribution in [0.25, 0.3) is 0 Å². The molecule has 1 rings (SSSR count). The third-order valence-corrected chi connectivity index (χ3v) is 3.16. The van der Waals surface area contributed by atoms with Gasteiger partial charge in [-0.1, -0.05) is 13.3 Å². The highest BCUT2D eigenvalue weighted by molar-refractivity contribution is 5.60. The van der Waals surface area contributed by atoms with Gasteiger partial charge in [0.1, 0.15) is 11.5 Å². The zero-order valence-electron chi connectivity index (χ0n) is 12.1. The van der Waals surface area contributed by atoms with Gasteiger partial charge in [-0.15, -0.1) is 0 Å². The average molecular weight is 284 g/mol. The van der Waals surface area contributed by atoms with Crippen LogP contribution in [-0.2, 0) is 6.54 Å². The Labute approximate surface area is 117 Å². The maximum absolute atomic E-state index is 11.8. The van der Waals surface area contributed by atoms with Crippen LogP contribution in [0, 0.1) is 0 Å². The molecule has 7 heteroatoms. The molecule has 0 fully saturated rings. The lowest BCUT2D eigenvalue weighted by Gasteiger charge is -2.17. The van der Waals surface area contributed by atoms with Gasteiger partial charge in [-0.3, -0.25) is 14.3 Å². The van der Waals surface area contributed by atoms with E-state index in [1.54, 1.807) is 0 Å². The highest BCUT2D eigenvalue weighted by Crippen LogP contribution is 2.13. The molecule has 5 N–H and O–H groups in total. The first kappa shape index (κ1) is 16.3. The molecular formula is C13H24N4O3. The Balaban J connectivity index is 3.01. The summed E-state index contributed by atoms with van der Waals surface area (Å²) in [4.78, 5) is 25.9. The van der Waals surface area contributed by atoms with Crippen molar-refractivity contribution in [2.24, 2.45) is 0 Å². The highest BCUT2D eigenvalue weighted by Gasteiger charge is 2.13. The topological polar surface area (TPSA) is 113 Å². The molecule has 0 saturated carbocycles. The number of aromatic amines is 1. The van der Waals surface area contributed by atoms with Gasteiger partial charge in [-0.05, 0) is 26.2 Å². The predicted molar refractivity (Wildman–Crippen MR) is 80.0 cm³/mol. The van der Waals surface area contributed by atoms with Crippen LogP contribution in [0.15, 0.2) is 9.59 Å². The fraction of sp³-hybridized carbons (Fsp3) is 0.692. The largest absolute Gasteiger partial charge is 0.396 e. The number of H-pyrrole nitrogens is 1. The number of rotatable bonds is 8. The molecule has 114 valence electrons. The average Bonchev–Trinajstić information content (AvgIpc) is 2.41. The van der Waals surface area contributed by atoms with Crippen LogP contribution in [0.4, 0.5) is 11.5 Å². The third-order valence-electron chi connectivity index (χ3n) is 3.16. The van der Waals surface area contributed by atoms with Crippen molar-refractivity contribution in [1.29, 1.82) is 0 Å². The van der Waals surface area contributed by atoms with Gasteiger partial charge in [0.2, 0.25) is 0 Å². The van der Waals surface area contributed by atoms with Gasteiger partial charge >= 0.3 is 5.69 Å². The van der Waals surface area contributed by atoms with Gasteiger partial charge in [-0.2, -0.15) is 0 Å². The monoisotopic (exact) mass is 284 g/mol. The number of nitrogens with two attached hydrogens (primary N) is 1. The molecule has 0 radical (unpaired) electrons. The van der Waals surface area contributed by atoms with Gasteiger partial charge in [0.05, 0.1) is 0 Å². The number of aromatic nitrogens is 2. The zero-order chi connectivity index (χ0) is 15.1. The molecule has 1 aromatic rings. The fourth-order valence-corrected chi connectivity index (χ4v) is 1.98. The summed E-state index contributed by atoms with van der Waals surface area (Å²) in [6, 6.07) is -0.0114. The van der Waals surface area contributed by atoms with Crippen LogP contribution in [-0.4, -0.2) is 27.3 Å². The molecule has 0 bridgehead atoms. The zero-order valence-corrected chi connectivity index (χ0v) is 12.1. The summed E-state index contributed by atoms with van der Waals surface area (Å²) in [7, 11) is 0. The number of aliphatic hydroxyl groups is 1. The van der Waals surface area contributed by atoms with Crippen molar-refractivity contribution in [1.82, 2.24) is 9.55 Å². The molecular weight excluding hydrogens is 260 g/mol. The number of nitrogens with one attached hydrogen (secondary N) is 2. The van der Waals surface area contributed by atoms with E-state index in [1.807, 2.05) is 13.8 Å². The molecule has 0 amide bonds. The summed E-state index contributed by atoms with van der Waals surface area (Å²) < 4.78 is 1.38. The SMILES string of the molecule is CCCCn1c(N)c(NC(C)CCCO)c(=O)[nH]c1=O. The van der Waals surface area contributed by atoms with Crippen molar-refractivity contribution >= 4 is 11.5 Å². The van der Waals surface area contributed by atoms with E-state index >= 15 is 0 Å². The summed E-state index contributed by atoms with van der Waals surface area (Å²) in [5, 5.41) is 11.8. The molecule has 1 atom stereocenters. The van der Waals surface area contributed by atoms with E-state index in [0.29, 0.717) is 19.4 Å². The number of hydrogen-bond acceptors (Lipinski definition) is 5. The molecule has 0 aromatic carbocycles. The molecule has 7 nitrogen and oxygen atoms in total. The number of anilines is 2. The Bertz CT molecular complexity index is 535. The van der Waals surface area contributed by atoms with Crippen molar-refractivity contribution < 1.29 is 5.11 Å². The number of hydrogen-bond donors (Lipinski definition) is 4. The summed E-state index contributed by atoms with van der Waals surface area (Å²) in [6.07, 6.45) is 3.10. The van der Waals surface area contributed by atoms with Crippen LogP contribution in [0.3, 0.4) is 0 Å². The Morgan fingerprint density at radius 3 is 2.70 bits per heavy atom. The van der Waals surface area contributed by atoms with E-state index in [4.69, 9.17) is 10.8 Å². The first-order valence-electron chi connectivity index (χ1n) is 7.01. The number of nitrogens with zero attached hydrogens (tertiary/aromatic N) is 1. The summed E-state index contributed by atoms with van der Waals surface area (Å²) in [6.45, 7) is 4.50. The summed E-state index contributed by atoms with van der Waals surface area (Å²) >= 11 is 0. The maximum Gasteiger partial charge on any atom is 0.330 e. The predicted octanol–water partition coefficient (Wildman–Crippen LogP) is 0.492. The first-order chi connectivity index (χ1) is 9.51. The van der Waals surface area contributed by atoms with Gasteiger partial charge < -0.3 is 16.2 Å². The third kappa shape index (κ3) is 4.12. The molecule has 0 saturated heterocycles. The lowest BCUT2D eigenvalue weighted by molar-refractivity contribution is 0.282. The Kier molecular flexibility index (Phi) is 6.30. The van der Waals surface area contributed by atoms with Crippen LogP contribution in [0.2, 0.25) is 0 Å². The number of nitrogen functional groups attached to an aromatic ring is 1. The Hall–Kier alpha value is -1.76. The van der Waals surface area contributed by atoms with E-state index in [0.717, 1.165) is 12.8 Å². The van der Waals surface area contributed by atoms with Gasteiger partial charge in [-0.25, -0.2) is 4.79 Å². The van der Waals surface area contributed by atoms with Crippen molar-refractivity contribution in [3.63, 3.8) is 0 Å². The van der Waals surface area contributed by atoms with Gasteiger partial charge in [0.25, 0.3) is 5.56 Å². The molecule has 0 aliphatic rings. The van der Waals surface area contributed by atoms with E-state index in [-0.39, 0.29) is 24.2 Å². The van der Waals surface area contributed by atoms with Gasteiger partial charge in [0, 0.05) is 19.2 Å². The quantitative estimate of drug-likeness (QED) is 0.555. The summed E-state index contributed by atoms with van der Waals surface area (Å²) in [5.74, 6) is 0.169. The first-order valence-corrected chi connectivity index (χ1v) is 7.01. The second kappa shape index (κ2) is 7.74. The minimum atomic E-state index is -0.504. The Morgan fingerprint density at radius 2 is 2.10 bits per heavy atom. The van der Waals surface area contributed by atoms with Crippen LogP contribution >= 0.6 is 0 Å². The highest BCUT2D eigenvalue weighted by atomic mass is 16.3. The lowest BCUT2D eigenvalue weighted by Crippen LogP contribution is -2.35. The van der Waals surface area contributed by atoms with E-state index in [9.17, 15) is 9.59 Å². The summed E-state index contributed by atoms with van der Waals surface area (Å²) in [5.41, 5.74) is 5.18. The van der Waals surface area contributed by atoms with Crippen molar-refractivity contribution in [3.05, 3.63) is 20.8 Å². The second-order valence-corrected chi connectivity index (χ2v) is 4.94. The standard InChI is InChI=1S/C13H24N4O3/c1-3-4-7-17-11(14)10(12(19)16-13(17)20)15-9(2)6-5-8-18/h9,15,18H,3-8,14H2,1-2H3,(H,16,19,20). The van der Waals surface area contributed by atoms with Crippen LogP contribution < -0.4 is 22.3 Å². The molecule has 0 spiro atoms. The molecule has 1 unspecified atom stereocenters. The van der Waals surface area contributed by atoms with Crippen LogP contribution in [0.1, 0.15) is 39.5 Å². The minimum absolute atomic E-state index is 0.0114. The second-order valence-electron chi connectivity index (χ2n) is 4.94. The van der Waals surface area contributed by atoms with E-state index in [1.165, 1.54) is 4.57 Å². The molecule has 0 aliphatic carbocycles. The lowest BCUT2D eigenvalue weighted by atomic mass is 10.2.